The quantitative estimate of drug-likeness (QED) is 0.281. The van der Waals surface area contributed by atoms with Crippen LogP contribution in [0.15, 0.2) is 91.0 Å². The summed E-state index contributed by atoms with van der Waals surface area (Å²) < 4.78 is 59.8. The fourth-order valence-corrected chi connectivity index (χ4v) is 4.59. The highest BCUT2D eigenvalue weighted by Gasteiger charge is 2.57. The number of ether oxygens (including phenoxy) is 1. The summed E-state index contributed by atoms with van der Waals surface area (Å²) in [5.41, 5.74) is 4.07. The summed E-state index contributed by atoms with van der Waals surface area (Å²) in [5, 5.41) is 0. The fraction of sp³-hybridized carbons (Fsp3) is 0.143. The number of para-hydroxylation sites is 2. The van der Waals surface area contributed by atoms with E-state index < -0.39 is 23.3 Å². The molecule has 1 heterocycles. The summed E-state index contributed by atoms with van der Waals surface area (Å²) in [5.74, 6) is 0. The Morgan fingerprint density at radius 1 is 0.588 bits per heavy atom. The molecule has 0 N–H and O–H groups in total. The number of nitrogens with zero attached hydrogens (tertiary/aromatic N) is 1. The summed E-state index contributed by atoms with van der Waals surface area (Å²) in [6, 6.07) is 27.3. The van der Waals surface area contributed by atoms with E-state index in [0.717, 1.165) is 45.9 Å². The number of aryl methyl sites for hydroxylation is 2. The molecule has 4 aromatic carbocycles. The van der Waals surface area contributed by atoms with Gasteiger partial charge in [-0.15, -0.1) is 0 Å². The maximum absolute atomic E-state index is 14.2. The lowest BCUT2D eigenvalue weighted by Gasteiger charge is -2.27. The Morgan fingerprint density at radius 2 is 1.09 bits per heavy atom. The van der Waals surface area contributed by atoms with Crippen molar-refractivity contribution in [2.45, 2.75) is 26.1 Å². The molecule has 0 atom stereocenters. The minimum absolute atomic E-state index is 0.437. The van der Waals surface area contributed by atoms with Gasteiger partial charge in [0.05, 0.1) is 11.1 Å². The Balaban J connectivity index is 1.63. The van der Waals surface area contributed by atoms with Crippen LogP contribution in [0.4, 0.5) is 34.6 Å². The van der Waals surface area contributed by atoms with E-state index in [0.29, 0.717) is 5.56 Å². The predicted molar refractivity (Wildman–Crippen MR) is 125 cm³/mol. The SMILES string of the molecule is Cc1cc(N(c2ccccc2)c2ccccc2)cc(C)c1-c1ccc2c(c1)C(F)(F)OC2(F)F. The Bertz CT molecular complexity index is 1290. The third-order valence-electron chi connectivity index (χ3n) is 6.00. The van der Waals surface area contributed by atoms with Crippen LogP contribution in [0, 0.1) is 13.8 Å². The van der Waals surface area contributed by atoms with Crippen molar-refractivity contribution in [1.29, 1.82) is 0 Å². The van der Waals surface area contributed by atoms with E-state index in [4.69, 9.17) is 0 Å². The lowest BCUT2D eigenvalue weighted by atomic mass is 9.92. The van der Waals surface area contributed by atoms with Gasteiger partial charge >= 0.3 is 12.2 Å². The third kappa shape index (κ3) is 3.74. The molecule has 5 rings (SSSR count). The summed E-state index contributed by atoms with van der Waals surface area (Å²) in [6.45, 7) is 3.77. The zero-order valence-corrected chi connectivity index (χ0v) is 18.5. The molecule has 2 nitrogen and oxygen atoms in total. The summed E-state index contributed by atoms with van der Waals surface area (Å²) >= 11 is 0. The number of alkyl halides is 4. The van der Waals surface area contributed by atoms with Gasteiger partial charge in [0.2, 0.25) is 0 Å². The zero-order chi connectivity index (χ0) is 24.1. The van der Waals surface area contributed by atoms with Crippen molar-refractivity contribution in [3.8, 4) is 11.1 Å². The second-order valence-corrected chi connectivity index (χ2v) is 8.36. The molecule has 0 radical (unpaired) electrons. The van der Waals surface area contributed by atoms with Crippen molar-refractivity contribution < 1.29 is 22.3 Å². The highest BCUT2D eigenvalue weighted by atomic mass is 19.3. The average Bonchev–Trinajstić information content (AvgIpc) is 2.98. The van der Waals surface area contributed by atoms with Gasteiger partial charge < -0.3 is 4.90 Å². The van der Waals surface area contributed by atoms with Gasteiger partial charge in [-0.2, -0.15) is 17.6 Å². The van der Waals surface area contributed by atoms with E-state index in [-0.39, 0.29) is 0 Å². The van der Waals surface area contributed by atoms with Crippen molar-refractivity contribution in [2.24, 2.45) is 0 Å². The molecule has 0 bridgehead atoms. The largest absolute Gasteiger partial charge is 0.388 e. The molecule has 1 aliphatic heterocycles. The molecule has 172 valence electrons. The first-order chi connectivity index (χ1) is 16.2. The highest BCUT2D eigenvalue weighted by Crippen LogP contribution is 2.52. The van der Waals surface area contributed by atoms with Crippen LogP contribution >= 0.6 is 0 Å². The van der Waals surface area contributed by atoms with E-state index in [1.54, 1.807) is 0 Å². The molecule has 0 spiro atoms. The van der Waals surface area contributed by atoms with Crippen molar-refractivity contribution in [1.82, 2.24) is 0 Å². The number of anilines is 3. The summed E-state index contributed by atoms with van der Waals surface area (Å²) in [4.78, 5) is 2.11. The Morgan fingerprint density at radius 3 is 1.62 bits per heavy atom. The van der Waals surface area contributed by atoms with Crippen LogP contribution < -0.4 is 4.90 Å². The topological polar surface area (TPSA) is 12.5 Å². The molecule has 0 saturated heterocycles. The van der Waals surface area contributed by atoms with Gasteiger partial charge in [-0.05, 0) is 84.6 Å². The molecular formula is C28H21F4NO. The number of hydrogen-bond acceptors (Lipinski definition) is 2. The second-order valence-electron chi connectivity index (χ2n) is 8.36. The highest BCUT2D eigenvalue weighted by molar-refractivity contribution is 5.81. The molecule has 6 heteroatoms. The predicted octanol–water partition coefficient (Wildman–Crippen LogP) is 8.57. The first kappa shape index (κ1) is 22.2. The zero-order valence-electron chi connectivity index (χ0n) is 18.5. The number of benzene rings is 4. The third-order valence-corrected chi connectivity index (χ3v) is 6.00. The Kier molecular flexibility index (Phi) is 5.21. The number of halogens is 4. The van der Waals surface area contributed by atoms with Gasteiger partial charge in [-0.3, -0.25) is 0 Å². The van der Waals surface area contributed by atoms with Crippen molar-refractivity contribution in [2.75, 3.05) is 4.90 Å². The van der Waals surface area contributed by atoms with Crippen molar-refractivity contribution in [3.63, 3.8) is 0 Å². The van der Waals surface area contributed by atoms with Crippen LogP contribution in [-0.4, -0.2) is 0 Å². The van der Waals surface area contributed by atoms with Crippen LogP contribution in [0.5, 0.6) is 0 Å². The molecule has 0 aliphatic carbocycles. The van der Waals surface area contributed by atoms with E-state index >= 15 is 0 Å². The van der Waals surface area contributed by atoms with Gasteiger partial charge in [-0.1, -0.05) is 42.5 Å². The van der Waals surface area contributed by atoms with Crippen LogP contribution in [0.1, 0.15) is 22.3 Å². The minimum Gasteiger partial charge on any atom is -0.310 e. The first-order valence-corrected chi connectivity index (χ1v) is 10.8. The molecule has 0 saturated carbocycles. The maximum Gasteiger partial charge on any atom is 0.388 e. The summed E-state index contributed by atoms with van der Waals surface area (Å²) in [7, 11) is 0. The molecule has 0 unspecified atom stereocenters. The number of fused-ring (bicyclic) bond motifs is 1. The average molecular weight is 463 g/mol. The van der Waals surface area contributed by atoms with Gasteiger partial charge in [0.25, 0.3) is 0 Å². The fourth-order valence-electron chi connectivity index (χ4n) is 4.59. The van der Waals surface area contributed by atoms with E-state index in [9.17, 15) is 17.6 Å². The van der Waals surface area contributed by atoms with Crippen molar-refractivity contribution >= 4 is 17.1 Å². The lowest BCUT2D eigenvalue weighted by molar-refractivity contribution is -0.369. The van der Waals surface area contributed by atoms with E-state index in [1.807, 2.05) is 86.6 Å². The normalized spacial score (nSPS) is 15.7. The van der Waals surface area contributed by atoms with E-state index in [1.165, 1.54) is 6.07 Å². The molecule has 34 heavy (non-hydrogen) atoms. The standard InChI is InChI=1S/C28H21F4NO/c1-18-15-23(33(21-9-5-3-6-10-21)22-11-7-4-8-12-22)16-19(2)26(18)20-13-14-24-25(17-20)28(31,32)34-27(24,29)30/h3-17H,1-2H3. The summed E-state index contributed by atoms with van der Waals surface area (Å²) in [6.07, 6.45) is -8.06. The lowest BCUT2D eigenvalue weighted by Crippen LogP contribution is -2.17. The van der Waals surface area contributed by atoms with Crippen LogP contribution in [0.2, 0.25) is 0 Å². The van der Waals surface area contributed by atoms with Gasteiger partial charge in [0.1, 0.15) is 0 Å². The number of rotatable bonds is 4. The minimum atomic E-state index is -4.05. The van der Waals surface area contributed by atoms with Crippen LogP contribution in [0.25, 0.3) is 11.1 Å². The monoisotopic (exact) mass is 463 g/mol. The smallest absolute Gasteiger partial charge is 0.310 e. The van der Waals surface area contributed by atoms with Crippen LogP contribution in [-0.2, 0) is 17.0 Å². The second kappa shape index (κ2) is 7.99. The van der Waals surface area contributed by atoms with Gasteiger partial charge in [-0.25, -0.2) is 4.74 Å². The maximum atomic E-state index is 14.2. The molecular weight excluding hydrogens is 442 g/mol. The molecule has 4 aromatic rings. The number of hydrogen-bond donors (Lipinski definition) is 0. The molecule has 0 fully saturated rings. The van der Waals surface area contributed by atoms with Gasteiger partial charge in [0.15, 0.2) is 0 Å². The molecule has 1 aliphatic rings. The Hall–Kier alpha value is -3.64. The first-order valence-electron chi connectivity index (χ1n) is 10.8. The Labute approximate surface area is 195 Å². The molecule has 0 amide bonds. The molecule has 0 aromatic heterocycles. The van der Waals surface area contributed by atoms with Crippen molar-refractivity contribution in [3.05, 3.63) is 113 Å². The van der Waals surface area contributed by atoms with Crippen LogP contribution in [0.3, 0.4) is 0 Å². The van der Waals surface area contributed by atoms with Gasteiger partial charge in [0, 0.05) is 17.1 Å². The van der Waals surface area contributed by atoms with E-state index in [2.05, 4.69) is 9.64 Å².